The summed E-state index contributed by atoms with van der Waals surface area (Å²) in [7, 11) is 0. The molecule has 0 spiro atoms. The zero-order valence-electron chi connectivity index (χ0n) is 14.4. The topological polar surface area (TPSA) is 49.4 Å². The summed E-state index contributed by atoms with van der Waals surface area (Å²) < 4.78 is 13.0. The summed E-state index contributed by atoms with van der Waals surface area (Å²) in [6, 6.07) is 10.1. The summed E-state index contributed by atoms with van der Waals surface area (Å²) in [5.74, 6) is -0.913. The maximum atomic E-state index is 13.0. The Labute approximate surface area is 161 Å². The van der Waals surface area contributed by atoms with E-state index < -0.39 is 6.04 Å². The molecule has 0 heterocycles. The average Bonchev–Trinajstić information content (AvgIpc) is 2.59. The number of amides is 2. The van der Waals surface area contributed by atoms with Crippen molar-refractivity contribution in [1.29, 1.82) is 0 Å². The van der Waals surface area contributed by atoms with Crippen LogP contribution in [0.25, 0.3) is 0 Å². The Morgan fingerprint density at radius 2 is 1.81 bits per heavy atom. The number of nitrogens with zero attached hydrogens (tertiary/aromatic N) is 1. The number of carbonyl (C=O) groups excluding carboxylic acids is 2. The first kappa shape index (κ1) is 20.2. The number of hydrogen-bond acceptors (Lipinski definition) is 2. The van der Waals surface area contributed by atoms with Gasteiger partial charge in [0.1, 0.15) is 11.9 Å². The molecule has 138 valence electrons. The fourth-order valence-electron chi connectivity index (χ4n) is 2.44. The predicted molar refractivity (Wildman–Crippen MR) is 100 cm³/mol. The molecule has 2 rings (SSSR count). The van der Waals surface area contributed by atoms with E-state index in [1.165, 1.54) is 24.0 Å². The van der Waals surface area contributed by atoms with Crippen molar-refractivity contribution in [3.63, 3.8) is 0 Å². The van der Waals surface area contributed by atoms with Gasteiger partial charge < -0.3 is 10.2 Å². The van der Waals surface area contributed by atoms with Crippen LogP contribution in [-0.2, 0) is 22.7 Å². The molecule has 0 aliphatic rings. The van der Waals surface area contributed by atoms with Crippen molar-refractivity contribution in [3.8, 4) is 0 Å². The Hall–Kier alpha value is -2.11. The Morgan fingerprint density at radius 3 is 2.38 bits per heavy atom. The van der Waals surface area contributed by atoms with E-state index in [4.69, 9.17) is 23.2 Å². The highest BCUT2D eigenvalue weighted by molar-refractivity contribution is 6.35. The highest BCUT2D eigenvalue weighted by atomic mass is 35.5. The number of benzene rings is 2. The van der Waals surface area contributed by atoms with Gasteiger partial charge in [0.15, 0.2) is 0 Å². The van der Waals surface area contributed by atoms with Crippen molar-refractivity contribution in [2.45, 2.75) is 33.0 Å². The van der Waals surface area contributed by atoms with E-state index in [2.05, 4.69) is 5.32 Å². The Balaban J connectivity index is 2.02. The first-order valence-electron chi connectivity index (χ1n) is 8.01. The van der Waals surface area contributed by atoms with Crippen LogP contribution < -0.4 is 5.32 Å². The largest absolute Gasteiger partial charge is 0.350 e. The van der Waals surface area contributed by atoms with Crippen LogP contribution in [0.4, 0.5) is 4.39 Å². The van der Waals surface area contributed by atoms with Gasteiger partial charge in [-0.3, -0.25) is 9.59 Å². The lowest BCUT2D eigenvalue weighted by Crippen LogP contribution is -2.46. The smallest absolute Gasteiger partial charge is 0.242 e. The quantitative estimate of drug-likeness (QED) is 0.795. The number of rotatable bonds is 6. The third-order valence-corrected chi connectivity index (χ3v) is 4.57. The molecular formula is C19H19Cl2FN2O2. The van der Waals surface area contributed by atoms with Crippen LogP contribution in [0, 0.1) is 5.82 Å². The summed E-state index contributed by atoms with van der Waals surface area (Å²) in [6.45, 7) is 3.47. The van der Waals surface area contributed by atoms with Crippen molar-refractivity contribution < 1.29 is 14.0 Å². The van der Waals surface area contributed by atoms with Crippen LogP contribution in [0.2, 0.25) is 10.0 Å². The third-order valence-electron chi connectivity index (χ3n) is 3.99. The molecule has 0 aromatic heterocycles. The molecule has 2 aromatic carbocycles. The van der Waals surface area contributed by atoms with Gasteiger partial charge >= 0.3 is 0 Å². The van der Waals surface area contributed by atoms with Crippen LogP contribution in [0.1, 0.15) is 25.0 Å². The van der Waals surface area contributed by atoms with Crippen molar-refractivity contribution >= 4 is 35.0 Å². The molecule has 0 aliphatic carbocycles. The van der Waals surface area contributed by atoms with Gasteiger partial charge in [-0.2, -0.15) is 0 Å². The highest BCUT2D eigenvalue weighted by Gasteiger charge is 2.23. The van der Waals surface area contributed by atoms with Gasteiger partial charge in [0.25, 0.3) is 0 Å². The minimum absolute atomic E-state index is 0.214. The predicted octanol–water partition coefficient (Wildman–Crippen LogP) is 4.19. The zero-order valence-corrected chi connectivity index (χ0v) is 15.9. The maximum Gasteiger partial charge on any atom is 0.242 e. The van der Waals surface area contributed by atoms with Crippen molar-refractivity contribution in [2.24, 2.45) is 0 Å². The lowest BCUT2D eigenvalue weighted by atomic mass is 10.1. The molecule has 0 saturated heterocycles. The molecule has 26 heavy (non-hydrogen) atoms. The van der Waals surface area contributed by atoms with Crippen molar-refractivity contribution in [1.82, 2.24) is 10.2 Å². The summed E-state index contributed by atoms with van der Waals surface area (Å²) in [6.07, 6.45) is 0. The summed E-state index contributed by atoms with van der Waals surface area (Å²) in [5, 5.41) is 3.74. The molecule has 0 aliphatic heterocycles. The fraction of sp³-hybridized carbons (Fsp3) is 0.263. The first-order valence-corrected chi connectivity index (χ1v) is 8.77. The average molecular weight is 397 g/mol. The zero-order chi connectivity index (χ0) is 19.3. The van der Waals surface area contributed by atoms with Gasteiger partial charge in [0.2, 0.25) is 11.8 Å². The molecular weight excluding hydrogens is 378 g/mol. The van der Waals surface area contributed by atoms with E-state index in [0.29, 0.717) is 10.0 Å². The van der Waals surface area contributed by atoms with Gasteiger partial charge in [0.05, 0.1) is 0 Å². The molecule has 0 radical (unpaired) electrons. The van der Waals surface area contributed by atoms with Gasteiger partial charge in [-0.25, -0.2) is 4.39 Å². The Bertz CT molecular complexity index is 797. The van der Waals surface area contributed by atoms with Gasteiger partial charge in [0, 0.05) is 30.1 Å². The van der Waals surface area contributed by atoms with Crippen molar-refractivity contribution in [3.05, 3.63) is 69.5 Å². The van der Waals surface area contributed by atoms with Crippen molar-refractivity contribution in [2.75, 3.05) is 0 Å². The number of hydrogen-bond donors (Lipinski definition) is 1. The van der Waals surface area contributed by atoms with Crippen LogP contribution in [0.3, 0.4) is 0 Å². The monoisotopic (exact) mass is 396 g/mol. The second-order valence-corrected chi connectivity index (χ2v) is 6.75. The highest BCUT2D eigenvalue weighted by Crippen LogP contribution is 2.21. The Kier molecular flexibility index (Phi) is 7.00. The summed E-state index contributed by atoms with van der Waals surface area (Å²) >= 11 is 11.9. The Morgan fingerprint density at radius 1 is 1.15 bits per heavy atom. The van der Waals surface area contributed by atoms with E-state index in [1.54, 1.807) is 37.3 Å². The van der Waals surface area contributed by atoms with Gasteiger partial charge in [-0.15, -0.1) is 0 Å². The first-order chi connectivity index (χ1) is 12.3. The molecule has 7 heteroatoms. The molecule has 2 amide bonds. The van der Waals surface area contributed by atoms with Crippen LogP contribution in [0.15, 0.2) is 42.5 Å². The van der Waals surface area contributed by atoms with E-state index in [-0.39, 0.29) is 30.7 Å². The molecule has 2 aromatic rings. The van der Waals surface area contributed by atoms with E-state index >= 15 is 0 Å². The second-order valence-electron chi connectivity index (χ2n) is 5.90. The number of carbonyl (C=O) groups is 2. The third kappa shape index (κ3) is 5.44. The SMILES string of the molecule is CC(=O)N(Cc1ccc(F)cc1)[C@H](C)C(=O)NCc1ccc(Cl)cc1Cl. The fourth-order valence-corrected chi connectivity index (χ4v) is 2.92. The minimum Gasteiger partial charge on any atom is -0.350 e. The lowest BCUT2D eigenvalue weighted by molar-refractivity contribution is -0.139. The van der Waals surface area contributed by atoms with Gasteiger partial charge in [-0.1, -0.05) is 41.4 Å². The minimum atomic E-state index is -0.691. The molecule has 0 saturated carbocycles. The van der Waals surface area contributed by atoms with Gasteiger partial charge in [-0.05, 0) is 42.3 Å². The van der Waals surface area contributed by atoms with Crippen LogP contribution >= 0.6 is 23.2 Å². The summed E-state index contributed by atoms with van der Waals surface area (Å²) in [5.41, 5.74) is 1.46. The molecule has 0 bridgehead atoms. The van der Waals surface area contributed by atoms with E-state index in [0.717, 1.165) is 11.1 Å². The van der Waals surface area contributed by atoms with Crippen LogP contribution in [0.5, 0.6) is 0 Å². The summed E-state index contributed by atoms with van der Waals surface area (Å²) in [4.78, 5) is 25.8. The number of halogens is 3. The molecule has 0 unspecified atom stereocenters. The van der Waals surface area contributed by atoms with E-state index in [9.17, 15) is 14.0 Å². The second kappa shape index (κ2) is 9.01. The molecule has 0 fully saturated rings. The number of nitrogens with one attached hydrogen (secondary N) is 1. The standard InChI is InChI=1S/C19H19Cl2FN2O2/c1-12(19(26)23-10-15-5-6-16(20)9-18(15)21)24(13(2)25)11-14-3-7-17(22)8-4-14/h3-9,12H,10-11H2,1-2H3,(H,23,26)/t12-/m1/s1. The molecule has 4 nitrogen and oxygen atoms in total. The normalized spacial score (nSPS) is 11.7. The van der Waals surface area contributed by atoms with E-state index in [1.807, 2.05) is 0 Å². The van der Waals surface area contributed by atoms with Crippen LogP contribution in [-0.4, -0.2) is 22.8 Å². The molecule has 1 N–H and O–H groups in total. The molecule has 1 atom stereocenters. The maximum absolute atomic E-state index is 13.0. The lowest BCUT2D eigenvalue weighted by Gasteiger charge is -2.27.